The topological polar surface area (TPSA) is 68.3 Å². The zero-order valence-electron chi connectivity index (χ0n) is 12.8. The van der Waals surface area contributed by atoms with Gasteiger partial charge < -0.3 is 10.1 Å². The summed E-state index contributed by atoms with van der Waals surface area (Å²) in [6.45, 7) is 3.70. The molecule has 0 aliphatic heterocycles. The summed E-state index contributed by atoms with van der Waals surface area (Å²) in [6, 6.07) is 5.92. The lowest BCUT2D eigenvalue weighted by molar-refractivity contribution is -0.113. The van der Waals surface area contributed by atoms with Crippen LogP contribution in [-0.2, 0) is 9.53 Å². The van der Waals surface area contributed by atoms with E-state index in [1.54, 1.807) is 6.92 Å². The highest BCUT2D eigenvalue weighted by Crippen LogP contribution is 2.26. The first-order valence-electron chi connectivity index (χ1n) is 6.65. The van der Waals surface area contributed by atoms with Gasteiger partial charge in [0.05, 0.1) is 18.6 Å². The second-order valence-corrected chi connectivity index (χ2v) is 7.60. The molecule has 0 saturated heterocycles. The molecule has 1 N–H and O–H groups in total. The normalized spacial score (nSPS) is 10.4. The van der Waals surface area contributed by atoms with E-state index in [0.29, 0.717) is 15.7 Å². The number of aryl methyl sites for hydroxylation is 2. The predicted molar refractivity (Wildman–Crippen MR) is 96.4 cm³/mol. The number of aromatic nitrogens is 1. The summed E-state index contributed by atoms with van der Waals surface area (Å²) in [5.41, 5.74) is 1.66. The van der Waals surface area contributed by atoms with Crippen LogP contribution in [0.5, 0.6) is 0 Å². The highest BCUT2D eigenvalue weighted by atomic mass is 79.9. The quantitative estimate of drug-likeness (QED) is 0.590. The first kappa shape index (κ1) is 18.0. The summed E-state index contributed by atoms with van der Waals surface area (Å²) < 4.78 is 5.69. The first-order valence-corrected chi connectivity index (χ1v) is 9.24. The standard InChI is InChI=1S/C15H15BrN2O3S2/c1-8-6-10(16)4-5-11(8)22-7-12(19)18-15-17-9(2)13(23-15)14(20)21-3/h4-6H,7H2,1-3H3,(H,17,18,19). The molecule has 1 amide bonds. The molecule has 2 rings (SSSR count). The van der Waals surface area contributed by atoms with Crippen LogP contribution in [-0.4, -0.2) is 29.7 Å². The fourth-order valence-electron chi connectivity index (χ4n) is 1.81. The number of thiazole rings is 1. The molecule has 122 valence electrons. The molecule has 0 spiro atoms. The van der Waals surface area contributed by atoms with Crippen molar-refractivity contribution in [2.24, 2.45) is 0 Å². The van der Waals surface area contributed by atoms with Gasteiger partial charge in [0.15, 0.2) is 5.13 Å². The molecule has 5 nitrogen and oxygen atoms in total. The van der Waals surface area contributed by atoms with Gasteiger partial charge in [0.1, 0.15) is 4.88 Å². The summed E-state index contributed by atoms with van der Waals surface area (Å²) in [7, 11) is 1.32. The van der Waals surface area contributed by atoms with E-state index in [1.807, 2.05) is 25.1 Å². The number of carbonyl (C=O) groups excluding carboxylic acids is 2. The fraction of sp³-hybridized carbons (Fsp3) is 0.267. The van der Waals surface area contributed by atoms with E-state index in [1.165, 1.54) is 18.9 Å². The Morgan fingerprint density at radius 1 is 1.39 bits per heavy atom. The molecule has 2 aromatic rings. The number of hydrogen-bond acceptors (Lipinski definition) is 6. The number of hydrogen-bond donors (Lipinski definition) is 1. The largest absolute Gasteiger partial charge is 0.465 e. The van der Waals surface area contributed by atoms with Crippen LogP contribution in [0.15, 0.2) is 27.6 Å². The molecule has 0 bridgehead atoms. The highest BCUT2D eigenvalue weighted by molar-refractivity contribution is 9.10. The zero-order valence-corrected chi connectivity index (χ0v) is 16.0. The summed E-state index contributed by atoms with van der Waals surface area (Å²) in [5.74, 6) is -0.336. The van der Waals surface area contributed by atoms with Gasteiger partial charge in [-0.1, -0.05) is 27.3 Å². The van der Waals surface area contributed by atoms with Crippen molar-refractivity contribution in [3.63, 3.8) is 0 Å². The number of nitrogens with one attached hydrogen (secondary N) is 1. The molecular weight excluding hydrogens is 400 g/mol. The number of nitrogens with zero attached hydrogens (tertiary/aromatic N) is 1. The Morgan fingerprint density at radius 3 is 2.78 bits per heavy atom. The van der Waals surface area contributed by atoms with Gasteiger partial charge in [-0.2, -0.15) is 0 Å². The van der Waals surface area contributed by atoms with Crippen LogP contribution in [0.25, 0.3) is 0 Å². The predicted octanol–water partition coefficient (Wildman–Crippen LogP) is 4.04. The van der Waals surface area contributed by atoms with Gasteiger partial charge in [-0.15, -0.1) is 11.8 Å². The van der Waals surface area contributed by atoms with E-state index in [0.717, 1.165) is 26.3 Å². The molecular formula is C15H15BrN2O3S2. The van der Waals surface area contributed by atoms with E-state index in [4.69, 9.17) is 0 Å². The Balaban J connectivity index is 1.96. The van der Waals surface area contributed by atoms with Crippen LogP contribution in [0.2, 0.25) is 0 Å². The summed E-state index contributed by atoms with van der Waals surface area (Å²) in [5, 5.41) is 3.12. The molecule has 0 radical (unpaired) electrons. The van der Waals surface area contributed by atoms with Crippen molar-refractivity contribution in [2.75, 3.05) is 18.2 Å². The maximum Gasteiger partial charge on any atom is 0.350 e. The third kappa shape index (κ3) is 4.79. The Morgan fingerprint density at radius 2 is 2.13 bits per heavy atom. The minimum Gasteiger partial charge on any atom is -0.465 e. The van der Waals surface area contributed by atoms with Crippen LogP contribution in [0.4, 0.5) is 5.13 Å². The van der Waals surface area contributed by atoms with Crippen molar-refractivity contribution in [3.8, 4) is 0 Å². The minimum atomic E-state index is -0.444. The van der Waals surface area contributed by atoms with Crippen molar-refractivity contribution >= 4 is 56.0 Å². The van der Waals surface area contributed by atoms with Crippen LogP contribution >= 0.6 is 39.0 Å². The lowest BCUT2D eigenvalue weighted by Crippen LogP contribution is -2.13. The molecule has 0 unspecified atom stereocenters. The summed E-state index contributed by atoms with van der Waals surface area (Å²) >= 11 is 5.99. The summed E-state index contributed by atoms with van der Waals surface area (Å²) in [4.78, 5) is 29.2. The SMILES string of the molecule is COC(=O)c1sc(NC(=O)CSc2ccc(Br)cc2C)nc1C. The smallest absolute Gasteiger partial charge is 0.350 e. The van der Waals surface area contributed by atoms with Gasteiger partial charge in [-0.3, -0.25) is 4.79 Å². The monoisotopic (exact) mass is 414 g/mol. The first-order chi connectivity index (χ1) is 10.9. The number of esters is 1. The van der Waals surface area contributed by atoms with E-state index in [-0.39, 0.29) is 11.7 Å². The second-order valence-electron chi connectivity index (χ2n) is 4.67. The molecule has 0 fully saturated rings. The molecule has 1 aromatic carbocycles. The fourth-order valence-corrected chi connectivity index (χ4v) is 3.99. The van der Waals surface area contributed by atoms with E-state index in [9.17, 15) is 9.59 Å². The van der Waals surface area contributed by atoms with Crippen LogP contribution in [0, 0.1) is 13.8 Å². The Bertz CT molecular complexity index is 746. The highest BCUT2D eigenvalue weighted by Gasteiger charge is 2.17. The minimum absolute atomic E-state index is 0.164. The molecule has 0 aliphatic carbocycles. The number of amides is 1. The number of benzene rings is 1. The lowest BCUT2D eigenvalue weighted by atomic mass is 10.2. The average molecular weight is 415 g/mol. The molecule has 0 atom stereocenters. The van der Waals surface area contributed by atoms with Gasteiger partial charge in [0, 0.05) is 9.37 Å². The number of rotatable bonds is 5. The number of ether oxygens (including phenoxy) is 1. The number of anilines is 1. The Labute approximate surface area is 151 Å². The van der Waals surface area contributed by atoms with Gasteiger partial charge in [-0.25, -0.2) is 9.78 Å². The molecule has 1 aromatic heterocycles. The number of halogens is 1. The third-order valence-electron chi connectivity index (χ3n) is 2.91. The van der Waals surface area contributed by atoms with Crippen molar-refractivity contribution in [1.29, 1.82) is 0 Å². The van der Waals surface area contributed by atoms with E-state index >= 15 is 0 Å². The molecule has 8 heteroatoms. The molecule has 23 heavy (non-hydrogen) atoms. The van der Waals surface area contributed by atoms with Gasteiger partial charge in [0.2, 0.25) is 5.91 Å². The van der Waals surface area contributed by atoms with Crippen molar-refractivity contribution in [2.45, 2.75) is 18.7 Å². The zero-order chi connectivity index (χ0) is 17.0. The lowest BCUT2D eigenvalue weighted by Gasteiger charge is -2.05. The van der Waals surface area contributed by atoms with Gasteiger partial charge in [0.25, 0.3) is 0 Å². The van der Waals surface area contributed by atoms with E-state index in [2.05, 4.69) is 31.0 Å². The Hall–Kier alpha value is -1.38. The van der Waals surface area contributed by atoms with E-state index < -0.39 is 5.97 Å². The molecule has 1 heterocycles. The van der Waals surface area contributed by atoms with Crippen LogP contribution < -0.4 is 5.32 Å². The maximum absolute atomic E-state index is 12.0. The molecule has 0 saturated carbocycles. The average Bonchev–Trinajstić information content (AvgIpc) is 2.86. The van der Waals surface area contributed by atoms with Crippen molar-refractivity contribution in [3.05, 3.63) is 38.8 Å². The maximum atomic E-state index is 12.0. The second kappa shape index (κ2) is 7.94. The third-order valence-corrected chi connectivity index (χ3v) is 5.63. The van der Waals surface area contributed by atoms with Crippen LogP contribution in [0.3, 0.4) is 0 Å². The van der Waals surface area contributed by atoms with Crippen molar-refractivity contribution < 1.29 is 14.3 Å². The number of thioether (sulfide) groups is 1. The Kier molecular flexibility index (Phi) is 6.20. The van der Waals surface area contributed by atoms with Crippen molar-refractivity contribution in [1.82, 2.24) is 4.98 Å². The van der Waals surface area contributed by atoms with Crippen LogP contribution in [0.1, 0.15) is 20.9 Å². The number of carbonyl (C=O) groups is 2. The molecule has 0 aliphatic rings. The van der Waals surface area contributed by atoms with Gasteiger partial charge >= 0.3 is 5.97 Å². The summed E-state index contributed by atoms with van der Waals surface area (Å²) in [6.07, 6.45) is 0. The number of methoxy groups -OCH3 is 1. The van der Waals surface area contributed by atoms with Gasteiger partial charge in [-0.05, 0) is 37.6 Å².